The van der Waals surface area contributed by atoms with Crippen LogP contribution in [-0.4, -0.2) is 51.4 Å². The van der Waals surface area contributed by atoms with Gasteiger partial charge in [-0.15, -0.1) is 11.3 Å². The van der Waals surface area contributed by atoms with Crippen LogP contribution in [0.15, 0.2) is 80.8 Å². The van der Waals surface area contributed by atoms with E-state index in [9.17, 15) is 13.2 Å². The van der Waals surface area contributed by atoms with E-state index in [1.165, 1.54) is 0 Å². The Labute approximate surface area is 279 Å². The summed E-state index contributed by atoms with van der Waals surface area (Å²) in [6, 6.07) is 20.2. The van der Waals surface area contributed by atoms with Gasteiger partial charge < -0.3 is 18.7 Å². The van der Waals surface area contributed by atoms with Gasteiger partial charge in [-0.05, 0) is 49.8 Å². The molecule has 0 radical (unpaired) electrons. The number of carbonyl (C=O) groups excluding carboxylic acids is 1. The average Bonchev–Trinajstić information content (AvgIpc) is 3.71. The summed E-state index contributed by atoms with van der Waals surface area (Å²) >= 11 is 1.12. The molecule has 0 aliphatic carbocycles. The van der Waals surface area contributed by atoms with Crippen LogP contribution < -0.4 is 9.04 Å². The molecule has 47 heavy (non-hydrogen) atoms. The number of hydrogen-bond acceptors (Lipinski definition) is 10. The number of carbonyl (C=O) groups is 1. The highest BCUT2D eigenvalue weighted by Crippen LogP contribution is 2.37. The molecule has 246 valence electrons. The van der Waals surface area contributed by atoms with Crippen molar-refractivity contribution in [3.8, 4) is 16.9 Å². The third-order valence-electron chi connectivity index (χ3n) is 7.67. The van der Waals surface area contributed by atoms with Gasteiger partial charge in [-0.25, -0.2) is 12.7 Å². The Balaban J connectivity index is 1.39. The molecule has 0 bridgehead atoms. The number of thiophene rings is 1. The number of methoxy groups -OCH3 is 1. The summed E-state index contributed by atoms with van der Waals surface area (Å²) in [4.78, 5) is 18.0. The number of aromatic nitrogens is 2. The molecular formula is C35H37N3O7S2. The molecule has 12 heteroatoms. The largest absolute Gasteiger partial charge is 0.488 e. The van der Waals surface area contributed by atoms with Crippen LogP contribution in [0.5, 0.6) is 5.75 Å². The van der Waals surface area contributed by atoms with Gasteiger partial charge in [0.25, 0.3) is 10.0 Å². The van der Waals surface area contributed by atoms with Gasteiger partial charge in [0.05, 0.1) is 24.5 Å². The number of aryl methyl sites for hydroxylation is 3. The number of ketones is 1. The Bertz CT molecular complexity index is 1940. The first-order valence-corrected chi connectivity index (χ1v) is 17.4. The summed E-state index contributed by atoms with van der Waals surface area (Å²) in [6.07, 6.45) is 0.699. The molecule has 3 aromatic heterocycles. The Morgan fingerprint density at radius 2 is 1.74 bits per heavy atom. The first kappa shape index (κ1) is 34.0. The minimum Gasteiger partial charge on any atom is -0.488 e. The lowest BCUT2D eigenvalue weighted by Crippen LogP contribution is -2.34. The summed E-state index contributed by atoms with van der Waals surface area (Å²) in [5, 5.41) is 5.77. The Kier molecular flexibility index (Phi) is 10.9. The number of benzene rings is 2. The van der Waals surface area contributed by atoms with Crippen molar-refractivity contribution in [2.45, 2.75) is 44.9 Å². The van der Waals surface area contributed by atoms with E-state index in [0.29, 0.717) is 52.5 Å². The Morgan fingerprint density at radius 1 is 1.00 bits per heavy atom. The molecule has 5 rings (SSSR count). The van der Waals surface area contributed by atoms with E-state index < -0.39 is 10.0 Å². The molecule has 0 saturated heterocycles. The van der Waals surface area contributed by atoms with Crippen molar-refractivity contribution < 1.29 is 31.9 Å². The second kappa shape index (κ2) is 15.0. The second-order valence-electron chi connectivity index (χ2n) is 10.8. The van der Waals surface area contributed by atoms with Gasteiger partial charge in [0.2, 0.25) is 0 Å². The SMILES string of the molecule is CCc1cc(OCc2ccc(-c3ccsc3S(=O)(=O)N(COCCOC)c3noc(C)c3C)cc2)c(C(=O)c2ccccc2)c(C)n1. The maximum atomic E-state index is 14.1. The summed E-state index contributed by atoms with van der Waals surface area (Å²) in [6.45, 7) is 7.78. The summed E-state index contributed by atoms with van der Waals surface area (Å²) < 4.78 is 51.7. The fourth-order valence-corrected chi connectivity index (χ4v) is 7.77. The molecule has 0 amide bonds. The lowest BCUT2D eigenvalue weighted by Gasteiger charge is -2.22. The number of hydrogen-bond donors (Lipinski definition) is 0. The van der Waals surface area contributed by atoms with Gasteiger partial charge in [0.1, 0.15) is 29.1 Å². The molecule has 0 N–H and O–H groups in total. The fourth-order valence-electron chi connectivity index (χ4n) is 4.93. The van der Waals surface area contributed by atoms with Crippen LogP contribution >= 0.6 is 11.3 Å². The predicted molar refractivity (Wildman–Crippen MR) is 181 cm³/mol. The van der Waals surface area contributed by atoms with Crippen molar-refractivity contribution in [3.05, 3.63) is 112 Å². The minimum absolute atomic E-state index is 0.149. The predicted octanol–water partition coefficient (Wildman–Crippen LogP) is 6.91. The number of rotatable bonds is 15. The maximum Gasteiger partial charge on any atom is 0.277 e. The van der Waals surface area contributed by atoms with E-state index in [4.69, 9.17) is 18.7 Å². The fraction of sp³-hybridized carbons (Fsp3) is 0.286. The molecule has 0 unspecified atom stereocenters. The molecule has 0 fully saturated rings. The van der Waals surface area contributed by atoms with Gasteiger partial charge >= 0.3 is 0 Å². The van der Waals surface area contributed by atoms with Crippen LogP contribution in [-0.2, 0) is 32.5 Å². The maximum absolute atomic E-state index is 14.1. The third kappa shape index (κ3) is 7.46. The van der Waals surface area contributed by atoms with E-state index in [-0.39, 0.29) is 35.8 Å². The number of sulfonamides is 1. The van der Waals surface area contributed by atoms with Crippen LogP contribution in [0.1, 0.15) is 51.1 Å². The van der Waals surface area contributed by atoms with E-state index in [2.05, 4.69) is 10.1 Å². The van der Waals surface area contributed by atoms with Crippen molar-refractivity contribution in [1.29, 1.82) is 0 Å². The van der Waals surface area contributed by atoms with Gasteiger partial charge in [-0.3, -0.25) is 9.78 Å². The minimum atomic E-state index is -4.09. The van der Waals surface area contributed by atoms with Crippen molar-refractivity contribution in [2.75, 3.05) is 31.4 Å². The number of nitrogens with zero attached hydrogens (tertiary/aromatic N) is 3. The number of anilines is 1. The molecule has 0 saturated carbocycles. The summed E-state index contributed by atoms with van der Waals surface area (Å²) in [5.74, 6) is 1.02. The molecule has 0 atom stereocenters. The van der Waals surface area contributed by atoms with Gasteiger partial charge in [0.15, 0.2) is 11.6 Å². The highest BCUT2D eigenvalue weighted by atomic mass is 32.2. The average molecular weight is 676 g/mol. The highest BCUT2D eigenvalue weighted by molar-refractivity contribution is 7.94. The highest BCUT2D eigenvalue weighted by Gasteiger charge is 2.33. The lowest BCUT2D eigenvalue weighted by molar-refractivity contribution is 0.0753. The van der Waals surface area contributed by atoms with Gasteiger partial charge in [-0.1, -0.05) is 66.7 Å². The molecule has 0 spiro atoms. The van der Waals surface area contributed by atoms with E-state index in [1.54, 1.807) is 44.5 Å². The zero-order valence-corrected chi connectivity index (χ0v) is 28.6. The zero-order valence-electron chi connectivity index (χ0n) is 27.0. The van der Waals surface area contributed by atoms with Gasteiger partial charge in [0, 0.05) is 35.6 Å². The van der Waals surface area contributed by atoms with Crippen molar-refractivity contribution in [1.82, 2.24) is 10.1 Å². The first-order valence-electron chi connectivity index (χ1n) is 15.1. The van der Waals surface area contributed by atoms with Crippen LogP contribution in [0.4, 0.5) is 5.82 Å². The monoisotopic (exact) mass is 675 g/mol. The molecule has 2 aromatic carbocycles. The molecule has 10 nitrogen and oxygen atoms in total. The van der Waals surface area contributed by atoms with Crippen LogP contribution in [0.25, 0.3) is 11.1 Å². The number of ether oxygens (including phenoxy) is 3. The molecule has 0 aliphatic rings. The zero-order chi connectivity index (χ0) is 33.6. The van der Waals surface area contributed by atoms with E-state index in [0.717, 1.165) is 32.5 Å². The van der Waals surface area contributed by atoms with E-state index >= 15 is 0 Å². The standard InChI is InChI=1S/C35H37N3O7S2/c1-6-29-20-31(32(24(3)36-29)33(39)28-10-8-7-9-11-28)44-21-26-12-14-27(15-13-26)30-16-19-46-35(30)47(40,41)38(22-43-18-17-42-5)34-23(2)25(4)45-37-34/h7-16,19-20H,6,17-18,21-22H2,1-5H3. The topological polar surface area (TPSA) is 121 Å². The molecule has 5 aromatic rings. The van der Waals surface area contributed by atoms with Gasteiger partial charge in [-0.2, -0.15) is 0 Å². The third-order valence-corrected chi connectivity index (χ3v) is 10.8. The van der Waals surface area contributed by atoms with Crippen LogP contribution in [0.2, 0.25) is 0 Å². The van der Waals surface area contributed by atoms with Crippen molar-refractivity contribution in [2.24, 2.45) is 0 Å². The van der Waals surface area contributed by atoms with Crippen molar-refractivity contribution >= 4 is 33.0 Å². The normalized spacial score (nSPS) is 11.5. The van der Waals surface area contributed by atoms with Crippen LogP contribution in [0.3, 0.4) is 0 Å². The van der Waals surface area contributed by atoms with Crippen LogP contribution in [0, 0.1) is 20.8 Å². The second-order valence-corrected chi connectivity index (χ2v) is 13.8. The Hall–Kier alpha value is -4.36. The summed E-state index contributed by atoms with van der Waals surface area (Å²) in [7, 11) is -2.54. The van der Waals surface area contributed by atoms with E-state index in [1.807, 2.05) is 62.4 Å². The Morgan fingerprint density at radius 3 is 2.40 bits per heavy atom. The quantitative estimate of drug-likeness (QED) is 0.0662. The smallest absolute Gasteiger partial charge is 0.277 e. The lowest BCUT2D eigenvalue weighted by atomic mass is 10.0. The molecular weight excluding hydrogens is 639 g/mol. The first-order chi connectivity index (χ1) is 22.6. The van der Waals surface area contributed by atoms with Crippen molar-refractivity contribution in [3.63, 3.8) is 0 Å². The summed E-state index contributed by atoms with van der Waals surface area (Å²) in [5.41, 5.74) is 5.17. The number of pyridine rings is 1. The molecule has 3 heterocycles. The molecule has 0 aliphatic heterocycles.